The van der Waals surface area contributed by atoms with E-state index in [9.17, 15) is 14.0 Å². The van der Waals surface area contributed by atoms with E-state index in [1.165, 1.54) is 6.07 Å². The van der Waals surface area contributed by atoms with Crippen LogP contribution in [-0.2, 0) is 18.3 Å². The van der Waals surface area contributed by atoms with Gasteiger partial charge in [0, 0.05) is 38.2 Å². The highest BCUT2D eigenvalue weighted by atomic mass is 19.1. The van der Waals surface area contributed by atoms with Gasteiger partial charge in [-0.15, -0.1) is 0 Å². The molecule has 1 aliphatic rings. The minimum atomic E-state index is -0.256. The summed E-state index contributed by atoms with van der Waals surface area (Å²) in [4.78, 5) is 33.1. The summed E-state index contributed by atoms with van der Waals surface area (Å²) in [6, 6.07) is 18.3. The first kappa shape index (κ1) is 24.6. The molecule has 5 rings (SSSR count). The summed E-state index contributed by atoms with van der Waals surface area (Å²) >= 11 is 0. The smallest absolute Gasteiger partial charge is 0.254 e. The van der Waals surface area contributed by atoms with Gasteiger partial charge in [-0.05, 0) is 43.9 Å². The molecule has 0 radical (unpaired) electrons. The van der Waals surface area contributed by atoms with Crippen molar-refractivity contribution in [1.82, 2.24) is 25.0 Å². The number of aryl methyl sites for hydroxylation is 2. The Morgan fingerprint density at radius 1 is 1.05 bits per heavy atom. The number of hydrogen-bond acceptors (Lipinski definition) is 4. The van der Waals surface area contributed by atoms with Crippen molar-refractivity contribution in [3.05, 3.63) is 83.3 Å². The van der Waals surface area contributed by atoms with Crippen LogP contribution in [0, 0.1) is 18.7 Å². The van der Waals surface area contributed by atoms with Gasteiger partial charge in [0.2, 0.25) is 5.91 Å². The standard InChI is InChI=1S/C29H30FN5O2/c1-19-26-23(18-25(21-9-4-3-5-10-21)32-27(26)34(2)33-19)29(37)35-16-13-22(14-17-35)28(36)31-15-12-20-8-6-7-11-24(20)30/h3-11,18,22H,12-17H2,1-2H3,(H,31,36). The fraction of sp³-hybridized carbons (Fsp3) is 0.310. The lowest BCUT2D eigenvalue weighted by Gasteiger charge is -2.31. The third-order valence-corrected chi connectivity index (χ3v) is 7.07. The Bertz CT molecular complexity index is 1440. The average molecular weight is 500 g/mol. The molecule has 8 heteroatoms. The molecular formula is C29H30FN5O2. The fourth-order valence-electron chi connectivity index (χ4n) is 5.05. The molecule has 1 aliphatic heterocycles. The van der Waals surface area contributed by atoms with E-state index in [2.05, 4.69) is 10.4 Å². The zero-order valence-electron chi connectivity index (χ0n) is 21.1. The summed E-state index contributed by atoms with van der Waals surface area (Å²) in [6.07, 6.45) is 1.62. The third-order valence-electron chi connectivity index (χ3n) is 7.07. The lowest BCUT2D eigenvalue weighted by atomic mass is 9.95. The lowest BCUT2D eigenvalue weighted by Crippen LogP contribution is -2.43. The van der Waals surface area contributed by atoms with Crippen LogP contribution in [0.4, 0.5) is 4.39 Å². The molecule has 0 atom stereocenters. The van der Waals surface area contributed by atoms with Crippen molar-refractivity contribution in [2.45, 2.75) is 26.2 Å². The predicted octanol–water partition coefficient (Wildman–Crippen LogP) is 4.29. The molecule has 1 N–H and O–H groups in total. The largest absolute Gasteiger partial charge is 0.356 e. The molecule has 0 spiro atoms. The van der Waals surface area contributed by atoms with Gasteiger partial charge in [-0.3, -0.25) is 14.3 Å². The number of aromatic nitrogens is 3. The van der Waals surface area contributed by atoms with Gasteiger partial charge in [-0.25, -0.2) is 9.37 Å². The number of pyridine rings is 1. The van der Waals surface area contributed by atoms with Crippen LogP contribution >= 0.6 is 0 Å². The predicted molar refractivity (Wildman–Crippen MR) is 140 cm³/mol. The first-order chi connectivity index (χ1) is 17.9. The van der Waals surface area contributed by atoms with Crippen molar-refractivity contribution < 1.29 is 14.0 Å². The van der Waals surface area contributed by atoms with Crippen LogP contribution in [0.3, 0.4) is 0 Å². The zero-order valence-corrected chi connectivity index (χ0v) is 21.1. The normalized spacial score (nSPS) is 14.2. The number of nitrogens with one attached hydrogen (secondary N) is 1. The minimum Gasteiger partial charge on any atom is -0.356 e. The van der Waals surface area contributed by atoms with Crippen LogP contribution in [0.2, 0.25) is 0 Å². The highest BCUT2D eigenvalue weighted by molar-refractivity contribution is 6.07. The summed E-state index contributed by atoms with van der Waals surface area (Å²) < 4.78 is 15.5. The van der Waals surface area contributed by atoms with E-state index < -0.39 is 0 Å². The second-order valence-electron chi connectivity index (χ2n) is 9.53. The van der Waals surface area contributed by atoms with Gasteiger partial charge in [0.25, 0.3) is 5.91 Å². The molecule has 1 fully saturated rings. The Hall–Kier alpha value is -4.07. The second-order valence-corrected chi connectivity index (χ2v) is 9.53. The Morgan fingerprint density at radius 2 is 1.76 bits per heavy atom. The zero-order chi connectivity index (χ0) is 25.9. The van der Waals surface area contributed by atoms with Crippen molar-refractivity contribution in [2.75, 3.05) is 19.6 Å². The molecule has 37 heavy (non-hydrogen) atoms. The monoisotopic (exact) mass is 499 g/mol. The van der Waals surface area contributed by atoms with Crippen molar-refractivity contribution in [3.8, 4) is 11.3 Å². The van der Waals surface area contributed by atoms with Crippen LogP contribution in [0.15, 0.2) is 60.7 Å². The molecular weight excluding hydrogens is 469 g/mol. The molecule has 2 aromatic heterocycles. The summed E-state index contributed by atoms with van der Waals surface area (Å²) in [7, 11) is 1.83. The van der Waals surface area contributed by atoms with Crippen LogP contribution in [0.1, 0.15) is 34.5 Å². The average Bonchev–Trinajstić information content (AvgIpc) is 3.22. The van der Waals surface area contributed by atoms with E-state index >= 15 is 0 Å². The van der Waals surface area contributed by atoms with Gasteiger partial charge < -0.3 is 10.2 Å². The lowest BCUT2D eigenvalue weighted by molar-refractivity contribution is -0.126. The van der Waals surface area contributed by atoms with E-state index in [1.807, 2.05) is 55.3 Å². The second kappa shape index (κ2) is 10.5. The Kier molecular flexibility index (Phi) is 6.99. The third kappa shape index (κ3) is 5.09. The number of halogens is 1. The van der Waals surface area contributed by atoms with E-state index in [-0.39, 0.29) is 23.5 Å². The summed E-state index contributed by atoms with van der Waals surface area (Å²) in [5.41, 5.74) is 4.27. The highest BCUT2D eigenvalue weighted by Gasteiger charge is 2.29. The maximum Gasteiger partial charge on any atom is 0.254 e. The maximum atomic E-state index is 13.8. The van der Waals surface area contributed by atoms with Crippen LogP contribution < -0.4 is 5.32 Å². The van der Waals surface area contributed by atoms with Gasteiger partial charge in [-0.1, -0.05) is 48.5 Å². The summed E-state index contributed by atoms with van der Waals surface area (Å²) in [6.45, 7) is 3.26. The fourth-order valence-corrected chi connectivity index (χ4v) is 5.05. The number of likely N-dealkylation sites (tertiary alicyclic amines) is 1. The molecule has 4 aromatic rings. The number of carbonyl (C=O) groups is 2. The van der Waals surface area contributed by atoms with E-state index in [0.29, 0.717) is 55.7 Å². The molecule has 0 saturated carbocycles. The number of nitrogens with zero attached hydrogens (tertiary/aromatic N) is 4. The van der Waals surface area contributed by atoms with E-state index in [4.69, 9.17) is 4.98 Å². The summed E-state index contributed by atoms with van der Waals surface area (Å²) in [5.74, 6) is -0.529. The number of benzene rings is 2. The first-order valence-corrected chi connectivity index (χ1v) is 12.6. The molecule has 7 nitrogen and oxygen atoms in total. The van der Waals surface area contributed by atoms with E-state index in [0.717, 1.165) is 22.3 Å². The van der Waals surface area contributed by atoms with Crippen molar-refractivity contribution in [2.24, 2.45) is 13.0 Å². The van der Waals surface area contributed by atoms with Gasteiger partial charge >= 0.3 is 0 Å². The van der Waals surface area contributed by atoms with Gasteiger partial charge in [0.1, 0.15) is 5.82 Å². The maximum absolute atomic E-state index is 13.8. The molecule has 3 heterocycles. The number of fused-ring (bicyclic) bond motifs is 1. The van der Waals surface area contributed by atoms with Crippen LogP contribution in [-0.4, -0.2) is 51.1 Å². The van der Waals surface area contributed by atoms with Gasteiger partial charge in [0.15, 0.2) is 5.65 Å². The molecule has 0 unspecified atom stereocenters. The van der Waals surface area contributed by atoms with Crippen LogP contribution in [0.5, 0.6) is 0 Å². The number of carbonyl (C=O) groups excluding carboxylic acids is 2. The molecule has 0 aliphatic carbocycles. The number of hydrogen-bond donors (Lipinski definition) is 1. The Labute approximate surface area is 215 Å². The summed E-state index contributed by atoms with van der Waals surface area (Å²) in [5, 5.41) is 8.21. The number of piperidine rings is 1. The van der Waals surface area contributed by atoms with Crippen LogP contribution in [0.25, 0.3) is 22.3 Å². The van der Waals surface area contributed by atoms with Crippen molar-refractivity contribution >= 4 is 22.8 Å². The van der Waals surface area contributed by atoms with Gasteiger partial charge in [0.05, 0.1) is 22.3 Å². The molecule has 1 saturated heterocycles. The Morgan fingerprint density at radius 3 is 2.49 bits per heavy atom. The van der Waals surface area contributed by atoms with Crippen molar-refractivity contribution in [1.29, 1.82) is 0 Å². The SMILES string of the molecule is Cc1nn(C)c2nc(-c3ccccc3)cc(C(=O)N3CCC(C(=O)NCCc4ccccc4F)CC3)c12. The molecule has 190 valence electrons. The van der Waals surface area contributed by atoms with Gasteiger partial charge in [-0.2, -0.15) is 5.10 Å². The molecule has 2 aromatic carbocycles. The highest BCUT2D eigenvalue weighted by Crippen LogP contribution is 2.29. The van der Waals surface area contributed by atoms with Crippen molar-refractivity contribution in [3.63, 3.8) is 0 Å². The quantitative estimate of drug-likeness (QED) is 0.429. The Balaban J connectivity index is 1.27. The molecule has 2 amide bonds. The molecule has 0 bridgehead atoms. The minimum absolute atomic E-state index is 0.0378. The van der Waals surface area contributed by atoms with E-state index in [1.54, 1.807) is 22.9 Å². The topological polar surface area (TPSA) is 80.1 Å². The number of amides is 2. The number of rotatable bonds is 6. The first-order valence-electron chi connectivity index (χ1n) is 12.6.